The van der Waals surface area contributed by atoms with E-state index in [1.54, 1.807) is 18.2 Å². The number of nitriles is 1. The van der Waals surface area contributed by atoms with Gasteiger partial charge in [-0.05, 0) is 37.6 Å². The third kappa shape index (κ3) is 4.77. The van der Waals surface area contributed by atoms with Crippen LogP contribution in [-0.4, -0.2) is 27.8 Å². The van der Waals surface area contributed by atoms with E-state index in [4.69, 9.17) is 4.74 Å². The second-order valence-corrected chi connectivity index (χ2v) is 8.04. The average molecular weight is 372 g/mol. The van der Waals surface area contributed by atoms with Crippen molar-refractivity contribution in [2.45, 2.75) is 31.6 Å². The smallest absolute Gasteiger partial charge is 0.179 e. The summed E-state index contributed by atoms with van der Waals surface area (Å²) in [5.41, 5.74) is 0.931. The average Bonchev–Trinajstić information content (AvgIpc) is 2.63. The summed E-state index contributed by atoms with van der Waals surface area (Å²) in [6.07, 6.45) is 3.11. The first-order chi connectivity index (χ1) is 12.4. The first kappa shape index (κ1) is 19.8. The minimum Gasteiger partial charge on any atom is -0.454 e. The molecule has 26 heavy (non-hydrogen) atoms. The first-order valence-corrected chi connectivity index (χ1v) is 10.6. The summed E-state index contributed by atoms with van der Waals surface area (Å²) < 4.78 is 30.8. The van der Waals surface area contributed by atoms with Gasteiger partial charge in [-0.3, -0.25) is 0 Å². The number of ether oxygens (including phenoxy) is 1. The largest absolute Gasteiger partial charge is 0.454 e. The minimum absolute atomic E-state index is 0.0327. The molecule has 0 N–H and O–H groups in total. The lowest BCUT2D eigenvalue weighted by Crippen LogP contribution is -2.25. The van der Waals surface area contributed by atoms with Gasteiger partial charge in [0, 0.05) is 19.3 Å². The number of unbranched alkanes of at least 4 members (excludes halogenated alkanes) is 1. The third-order valence-corrected chi connectivity index (χ3v) is 5.13. The number of para-hydroxylation sites is 1. The van der Waals surface area contributed by atoms with Gasteiger partial charge < -0.3 is 9.64 Å². The highest BCUT2D eigenvalue weighted by atomic mass is 32.2. The molecule has 2 rings (SSSR count). The van der Waals surface area contributed by atoms with Crippen molar-refractivity contribution in [3.05, 3.63) is 48.0 Å². The molecule has 0 amide bonds. The summed E-state index contributed by atoms with van der Waals surface area (Å²) in [6, 6.07) is 14.2. The van der Waals surface area contributed by atoms with Crippen LogP contribution >= 0.6 is 0 Å². The van der Waals surface area contributed by atoms with E-state index < -0.39 is 9.84 Å². The maximum Gasteiger partial charge on any atom is 0.179 e. The zero-order chi connectivity index (χ0) is 19.2. The molecule has 0 bridgehead atoms. The molecule has 0 aliphatic rings. The maximum absolute atomic E-state index is 12.4. The number of benzene rings is 2. The molecule has 0 aliphatic heterocycles. The van der Waals surface area contributed by atoms with E-state index in [-0.39, 0.29) is 10.6 Å². The third-order valence-electron chi connectivity index (χ3n) is 4.03. The van der Waals surface area contributed by atoms with Crippen LogP contribution < -0.4 is 9.64 Å². The van der Waals surface area contributed by atoms with Crippen LogP contribution in [0.15, 0.2) is 47.4 Å². The molecule has 0 spiro atoms. The molecule has 5 nitrogen and oxygen atoms in total. The van der Waals surface area contributed by atoms with Gasteiger partial charge in [-0.2, -0.15) is 5.26 Å². The number of sulfone groups is 1. The number of hydrogen-bond acceptors (Lipinski definition) is 5. The Hall–Kier alpha value is -2.52. The predicted octanol–water partition coefficient (Wildman–Crippen LogP) is 4.38. The second kappa shape index (κ2) is 8.72. The van der Waals surface area contributed by atoms with Gasteiger partial charge in [0.2, 0.25) is 0 Å². The molecule has 0 unspecified atom stereocenters. The van der Waals surface area contributed by atoms with Crippen LogP contribution in [0.25, 0.3) is 0 Å². The van der Waals surface area contributed by atoms with Gasteiger partial charge in [-0.15, -0.1) is 0 Å². The van der Waals surface area contributed by atoms with Gasteiger partial charge in [0.1, 0.15) is 10.6 Å². The predicted molar refractivity (Wildman–Crippen MR) is 104 cm³/mol. The summed E-state index contributed by atoms with van der Waals surface area (Å²) >= 11 is 0. The standard InChI is InChI=1S/C20H24N2O3S/c1-4-6-12-22(5-2)18-13-16(15-21)14-19(26(3,23)24)20(18)25-17-10-8-7-9-11-17/h7-11,13-14H,4-6,12H2,1-3H3. The molecular formula is C20H24N2O3S. The van der Waals surface area contributed by atoms with Crippen molar-refractivity contribution < 1.29 is 13.2 Å². The highest BCUT2D eigenvalue weighted by Crippen LogP contribution is 2.39. The number of rotatable bonds is 8. The van der Waals surface area contributed by atoms with Gasteiger partial charge in [0.05, 0.1) is 17.3 Å². The quantitative estimate of drug-likeness (QED) is 0.688. The van der Waals surface area contributed by atoms with E-state index in [0.29, 0.717) is 23.5 Å². The molecule has 6 heteroatoms. The molecular weight excluding hydrogens is 348 g/mol. The summed E-state index contributed by atoms with van der Waals surface area (Å²) in [6.45, 7) is 5.55. The normalized spacial score (nSPS) is 11.0. The van der Waals surface area contributed by atoms with Crippen molar-refractivity contribution in [1.82, 2.24) is 0 Å². The van der Waals surface area contributed by atoms with Crippen LogP contribution in [0, 0.1) is 11.3 Å². The molecule has 0 aliphatic carbocycles. The van der Waals surface area contributed by atoms with Crippen molar-refractivity contribution in [2.24, 2.45) is 0 Å². The molecule has 0 saturated carbocycles. The molecule has 0 radical (unpaired) electrons. The van der Waals surface area contributed by atoms with Crippen molar-refractivity contribution >= 4 is 15.5 Å². The molecule has 0 fully saturated rings. The van der Waals surface area contributed by atoms with Gasteiger partial charge in [-0.1, -0.05) is 31.5 Å². The number of nitrogens with zero attached hydrogens (tertiary/aromatic N) is 2. The summed E-state index contributed by atoms with van der Waals surface area (Å²) in [4.78, 5) is 2.09. The molecule has 0 aromatic heterocycles. The van der Waals surface area contributed by atoms with Gasteiger partial charge in [0.15, 0.2) is 15.6 Å². The first-order valence-electron chi connectivity index (χ1n) is 8.66. The van der Waals surface area contributed by atoms with E-state index in [1.165, 1.54) is 6.07 Å². The molecule has 138 valence electrons. The van der Waals surface area contributed by atoms with Gasteiger partial charge >= 0.3 is 0 Å². The molecule has 2 aromatic rings. The number of hydrogen-bond donors (Lipinski definition) is 0. The highest BCUT2D eigenvalue weighted by molar-refractivity contribution is 7.90. The van der Waals surface area contributed by atoms with Crippen LogP contribution in [0.3, 0.4) is 0 Å². The van der Waals surface area contributed by atoms with Crippen LogP contribution in [0.2, 0.25) is 0 Å². The molecule has 0 saturated heterocycles. The minimum atomic E-state index is -3.57. The van der Waals surface area contributed by atoms with E-state index >= 15 is 0 Å². The fraction of sp³-hybridized carbons (Fsp3) is 0.350. The van der Waals surface area contributed by atoms with Crippen LogP contribution in [0.4, 0.5) is 5.69 Å². The van der Waals surface area contributed by atoms with Gasteiger partial charge in [0.25, 0.3) is 0 Å². The Bertz CT molecular complexity index is 887. The Morgan fingerprint density at radius 3 is 2.38 bits per heavy atom. The lowest BCUT2D eigenvalue weighted by Gasteiger charge is -2.26. The van der Waals surface area contributed by atoms with E-state index in [2.05, 4.69) is 17.9 Å². The second-order valence-electron chi connectivity index (χ2n) is 6.05. The van der Waals surface area contributed by atoms with E-state index in [9.17, 15) is 13.7 Å². The highest BCUT2D eigenvalue weighted by Gasteiger charge is 2.23. The summed E-state index contributed by atoms with van der Waals surface area (Å²) in [5.74, 6) is 0.825. The fourth-order valence-corrected chi connectivity index (χ4v) is 3.49. The Morgan fingerprint density at radius 1 is 1.15 bits per heavy atom. The summed E-state index contributed by atoms with van der Waals surface area (Å²) in [5, 5.41) is 9.36. The topological polar surface area (TPSA) is 70.4 Å². The van der Waals surface area contributed by atoms with Crippen molar-refractivity contribution in [3.63, 3.8) is 0 Å². The van der Waals surface area contributed by atoms with Gasteiger partial charge in [-0.25, -0.2) is 8.42 Å². The zero-order valence-electron chi connectivity index (χ0n) is 15.4. The SMILES string of the molecule is CCCCN(CC)c1cc(C#N)cc(S(C)(=O)=O)c1Oc1ccccc1. The van der Waals surface area contributed by atoms with Crippen LogP contribution in [0.5, 0.6) is 11.5 Å². The molecule has 0 heterocycles. The fourth-order valence-electron chi connectivity index (χ4n) is 2.67. The summed E-state index contributed by atoms with van der Waals surface area (Å²) in [7, 11) is -3.57. The number of anilines is 1. The van der Waals surface area contributed by atoms with Crippen molar-refractivity contribution in [2.75, 3.05) is 24.2 Å². The van der Waals surface area contributed by atoms with Crippen LogP contribution in [-0.2, 0) is 9.84 Å². The Labute approximate surface area is 155 Å². The lowest BCUT2D eigenvalue weighted by atomic mass is 10.1. The Kier molecular flexibility index (Phi) is 6.64. The molecule has 2 aromatic carbocycles. The monoisotopic (exact) mass is 372 g/mol. The maximum atomic E-state index is 12.4. The van der Waals surface area contributed by atoms with E-state index in [1.807, 2.05) is 25.1 Å². The van der Waals surface area contributed by atoms with Crippen LogP contribution in [0.1, 0.15) is 32.3 Å². The lowest BCUT2D eigenvalue weighted by molar-refractivity contribution is 0.466. The van der Waals surface area contributed by atoms with E-state index in [0.717, 1.165) is 25.6 Å². The Morgan fingerprint density at radius 2 is 1.85 bits per heavy atom. The van der Waals surface area contributed by atoms with Crippen molar-refractivity contribution in [3.8, 4) is 17.6 Å². The molecule has 0 atom stereocenters. The Balaban J connectivity index is 2.68. The zero-order valence-corrected chi connectivity index (χ0v) is 16.2. The van der Waals surface area contributed by atoms with Crippen molar-refractivity contribution in [1.29, 1.82) is 5.26 Å².